The largest absolute Gasteiger partial charge is 0.467 e. The zero-order chi connectivity index (χ0) is 20.8. The summed E-state index contributed by atoms with van der Waals surface area (Å²) in [5, 5.41) is 11.7. The molecular weight excluding hydrogens is 396 g/mol. The Morgan fingerprint density at radius 1 is 0.933 bits per heavy atom. The second kappa shape index (κ2) is 9.37. The molecule has 0 saturated heterocycles. The van der Waals surface area contributed by atoms with Gasteiger partial charge in [0.25, 0.3) is 0 Å². The molecule has 0 unspecified atom stereocenters. The van der Waals surface area contributed by atoms with Gasteiger partial charge in [-0.2, -0.15) is 0 Å². The Kier molecular flexibility index (Phi) is 6.20. The molecule has 0 bridgehead atoms. The third-order valence-electron chi connectivity index (χ3n) is 4.43. The van der Waals surface area contributed by atoms with Crippen LogP contribution in [0.1, 0.15) is 12.7 Å². The van der Waals surface area contributed by atoms with Crippen LogP contribution in [-0.2, 0) is 11.3 Å². The highest BCUT2D eigenvalue weighted by atomic mass is 32.2. The Hall–Kier alpha value is -3.45. The number of nitrogens with zero attached hydrogens (tertiary/aromatic N) is 3. The van der Waals surface area contributed by atoms with Gasteiger partial charge < -0.3 is 9.73 Å². The summed E-state index contributed by atoms with van der Waals surface area (Å²) < 4.78 is 5.25. The molecule has 1 N–H and O–H groups in total. The van der Waals surface area contributed by atoms with Gasteiger partial charge in [-0.25, -0.2) is 4.98 Å². The van der Waals surface area contributed by atoms with Gasteiger partial charge in [0.2, 0.25) is 11.1 Å². The van der Waals surface area contributed by atoms with E-state index in [4.69, 9.17) is 9.40 Å². The van der Waals surface area contributed by atoms with Crippen LogP contribution < -0.4 is 5.32 Å². The molecule has 7 heteroatoms. The summed E-state index contributed by atoms with van der Waals surface area (Å²) in [5.74, 6) is 0.588. The van der Waals surface area contributed by atoms with Crippen LogP contribution >= 0.6 is 11.8 Å². The minimum atomic E-state index is -0.382. The molecular formula is C23H20N4O2S. The van der Waals surface area contributed by atoms with Gasteiger partial charge in [-0.1, -0.05) is 72.4 Å². The van der Waals surface area contributed by atoms with Crippen molar-refractivity contribution in [1.29, 1.82) is 0 Å². The lowest BCUT2D eigenvalue weighted by atomic mass is 10.0. The van der Waals surface area contributed by atoms with E-state index >= 15 is 0 Å². The minimum Gasteiger partial charge on any atom is -0.467 e. The zero-order valence-electron chi connectivity index (χ0n) is 16.4. The molecule has 150 valence electrons. The highest BCUT2D eigenvalue weighted by Crippen LogP contribution is 2.30. The minimum absolute atomic E-state index is 0.117. The van der Waals surface area contributed by atoms with Crippen LogP contribution in [0.3, 0.4) is 0 Å². The van der Waals surface area contributed by atoms with Crippen molar-refractivity contribution in [2.45, 2.75) is 23.9 Å². The molecule has 2 heterocycles. The number of carbonyl (C=O) groups is 1. The van der Waals surface area contributed by atoms with Gasteiger partial charge in [-0.05, 0) is 19.1 Å². The average molecular weight is 417 g/mol. The molecule has 0 spiro atoms. The van der Waals surface area contributed by atoms with E-state index in [-0.39, 0.29) is 11.2 Å². The lowest BCUT2D eigenvalue weighted by Gasteiger charge is -2.12. The summed E-state index contributed by atoms with van der Waals surface area (Å²) in [5.41, 5.74) is 3.34. The van der Waals surface area contributed by atoms with Crippen molar-refractivity contribution in [3.8, 4) is 22.5 Å². The first-order valence-corrected chi connectivity index (χ1v) is 10.4. The number of carbonyl (C=O) groups excluding carboxylic acids is 1. The number of nitrogens with one attached hydrogen (secondary N) is 1. The van der Waals surface area contributed by atoms with Crippen molar-refractivity contribution in [1.82, 2.24) is 20.5 Å². The first-order valence-electron chi connectivity index (χ1n) is 9.53. The van der Waals surface area contributed by atoms with Gasteiger partial charge in [0.05, 0.1) is 18.1 Å². The highest BCUT2D eigenvalue weighted by Gasteiger charge is 2.19. The van der Waals surface area contributed by atoms with E-state index in [1.54, 1.807) is 12.3 Å². The molecule has 0 aliphatic rings. The monoisotopic (exact) mass is 416 g/mol. The van der Waals surface area contributed by atoms with E-state index in [0.717, 1.165) is 16.8 Å². The summed E-state index contributed by atoms with van der Waals surface area (Å²) >= 11 is 1.27. The first-order chi connectivity index (χ1) is 14.7. The Bertz CT molecular complexity index is 1100. The molecule has 0 aliphatic carbocycles. The van der Waals surface area contributed by atoms with Crippen LogP contribution in [0.2, 0.25) is 0 Å². The third-order valence-corrected chi connectivity index (χ3v) is 5.38. The molecule has 0 radical (unpaired) electrons. The smallest absolute Gasteiger partial charge is 0.233 e. The maximum absolute atomic E-state index is 12.4. The highest BCUT2D eigenvalue weighted by molar-refractivity contribution is 8.00. The van der Waals surface area contributed by atoms with Gasteiger partial charge in [0.1, 0.15) is 17.1 Å². The quantitative estimate of drug-likeness (QED) is 0.444. The summed E-state index contributed by atoms with van der Waals surface area (Å²) in [6.45, 7) is 2.16. The fraction of sp³-hybridized carbons (Fsp3) is 0.130. The Balaban J connectivity index is 1.56. The van der Waals surface area contributed by atoms with Crippen molar-refractivity contribution in [2.75, 3.05) is 0 Å². The second-order valence-corrected chi connectivity index (χ2v) is 7.89. The molecule has 0 fully saturated rings. The van der Waals surface area contributed by atoms with Crippen molar-refractivity contribution in [3.05, 3.63) is 84.8 Å². The fourth-order valence-electron chi connectivity index (χ4n) is 2.89. The molecule has 2 aromatic heterocycles. The second-order valence-electron chi connectivity index (χ2n) is 6.58. The third kappa shape index (κ3) is 4.75. The maximum atomic E-state index is 12.4. The van der Waals surface area contributed by atoms with E-state index in [2.05, 4.69) is 15.5 Å². The van der Waals surface area contributed by atoms with Gasteiger partial charge >= 0.3 is 0 Å². The van der Waals surface area contributed by atoms with Gasteiger partial charge in [-0.15, -0.1) is 10.2 Å². The molecule has 6 nitrogen and oxygen atoms in total. The van der Waals surface area contributed by atoms with E-state index in [0.29, 0.717) is 23.2 Å². The maximum Gasteiger partial charge on any atom is 0.233 e. The molecule has 2 aromatic carbocycles. The van der Waals surface area contributed by atoms with Crippen molar-refractivity contribution in [3.63, 3.8) is 0 Å². The van der Waals surface area contributed by atoms with Crippen molar-refractivity contribution in [2.24, 2.45) is 0 Å². The predicted molar refractivity (Wildman–Crippen MR) is 117 cm³/mol. The summed E-state index contributed by atoms with van der Waals surface area (Å²) in [7, 11) is 0. The van der Waals surface area contributed by atoms with Gasteiger partial charge in [-0.3, -0.25) is 4.79 Å². The standard InChI is InChI=1S/C23H20N4O2S/c1-16(22(28)24-15-19-13-8-14-29-19)30-23-25-20(17-9-4-2-5-10-17)21(26-27-23)18-11-6-3-7-12-18/h2-14,16H,15H2,1H3,(H,24,28)/t16-/m0/s1. The molecule has 4 rings (SSSR count). The van der Waals surface area contributed by atoms with Crippen LogP contribution in [0.4, 0.5) is 0 Å². The fourth-order valence-corrected chi connectivity index (χ4v) is 3.63. The topological polar surface area (TPSA) is 80.9 Å². The van der Waals surface area contributed by atoms with Gasteiger partial charge in [0.15, 0.2) is 0 Å². The van der Waals surface area contributed by atoms with Crippen LogP contribution in [0.15, 0.2) is 88.6 Å². The number of hydrogen-bond donors (Lipinski definition) is 1. The number of amides is 1. The summed E-state index contributed by atoms with van der Waals surface area (Å²) in [4.78, 5) is 17.2. The molecule has 30 heavy (non-hydrogen) atoms. The lowest BCUT2D eigenvalue weighted by molar-refractivity contribution is -0.120. The number of hydrogen-bond acceptors (Lipinski definition) is 6. The SMILES string of the molecule is C[C@H](Sc1nnc(-c2ccccc2)c(-c2ccccc2)n1)C(=O)NCc1ccco1. The molecule has 4 aromatic rings. The summed E-state index contributed by atoms with van der Waals surface area (Å²) in [6.07, 6.45) is 1.58. The Morgan fingerprint density at radius 3 is 2.23 bits per heavy atom. The molecule has 1 atom stereocenters. The number of aromatic nitrogens is 3. The van der Waals surface area contributed by atoms with Crippen LogP contribution in [0.25, 0.3) is 22.5 Å². The molecule has 1 amide bonds. The Morgan fingerprint density at radius 2 is 1.60 bits per heavy atom. The number of benzene rings is 2. The molecule has 0 saturated carbocycles. The van der Waals surface area contributed by atoms with E-state index in [1.165, 1.54) is 11.8 Å². The van der Waals surface area contributed by atoms with Crippen LogP contribution in [0.5, 0.6) is 0 Å². The average Bonchev–Trinajstić information content (AvgIpc) is 3.32. The van der Waals surface area contributed by atoms with E-state index in [1.807, 2.05) is 73.7 Å². The Labute approximate surface area is 178 Å². The van der Waals surface area contributed by atoms with Crippen molar-refractivity contribution >= 4 is 17.7 Å². The van der Waals surface area contributed by atoms with E-state index < -0.39 is 0 Å². The van der Waals surface area contributed by atoms with E-state index in [9.17, 15) is 4.79 Å². The number of furan rings is 1. The number of thioether (sulfide) groups is 1. The van der Waals surface area contributed by atoms with Crippen molar-refractivity contribution < 1.29 is 9.21 Å². The first kappa shape index (κ1) is 19.8. The van der Waals surface area contributed by atoms with Crippen LogP contribution in [-0.4, -0.2) is 26.3 Å². The summed E-state index contributed by atoms with van der Waals surface area (Å²) in [6, 6.07) is 23.3. The normalized spacial score (nSPS) is 11.8. The van der Waals surface area contributed by atoms with Crippen LogP contribution in [0, 0.1) is 0 Å². The molecule has 0 aliphatic heterocycles. The lowest BCUT2D eigenvalue weighted by Crippen LogP contribution is -2.30. The van der Waals surface area contributed by atoms with Gasteiger partial charge in [0, 0.05) is 11.1 Å². The number of rotatable bonds is 7. The zero-order valence-corrected chi connectivity index (χ0v) is 17.2. The predicted octanol–water partition coefficient (Wildman–Crippen LogP) is 4.60.